The van der Waals surface area contributed by atoms with Crippen molar-refractivity contribution in [3.63, 3.8) is 0 Å². The molecule has 0 saturated heterocycles. The number of esters is 1. The average Bonchev–Trinajstić information content (AvgIpc) is 2.74. The van der Waals surface area contributed by atoms with Gasteiger partial charge < -0.3 is 9.47 Å². The molecule has 0 unspecified atom stereocenters. The van der Waals surface area contributed by atoms with Crippen molar-refractivity contribution in [1.82, 2.24) is 4.90 Å². The van der Waals surface area contributed by atoms with E-state index in [1.165, 1.54) is 6.92 Å². The molecule has 0 spiro atoms. The molecule has 2 amide bonds. The van der Waals surface area contributed by atoms with E-state index in [1.807, 2.05) is 30.3 Å². The first-order valence-corrected chi connectivity index (χ1v) is 10.5. The van der Waals surface area contributed by atoms with Crippen molar-refractivity contribution in [2.75, 3.05) is 13.2 Å². The Morgan fingerprint density at radius 2 is 1.56 bits per heavy atom. The number of ether oxygens (including phenoxy) is 2. The molecule has 164 valence electrons. The van der Waals surface area contributed by atoms with E-state index in [4.69, 9.17) is 9.47 Å². The van der Waals surface area contributed by atoms with Gasteiger partial charge in [-0.25, -0.2) is 0 Å². The molecule has 32 heavy (non-hydrogen) atoms. The van der Waals surface area contributed by atoms with Crippen LogP contribution in [0.3, 0.4) is 0 Å². The van der Waals surface area contributed by atoms with Crippen molar-refractivity contribution in [2.24, 2.45) is 0 Å². The number of carbonyl (C=O) groups is 3. The second-order valence-electron chi connectivity index (χ2n) is 8.79. The van der Waals surface area contributed by atoms with E-state index < -0.39 is 17.8 Å². The van der Waals surface area contributed by atoms with Gasteiger partial charge in [-0.2, -0.15) is 0 Å². The Morgan fingerprint density at radius 1 is 0.875 bits per heavy atom. The van der Waals surface area contributed by atoms with Crippen LogP contribution in [0.5, 0.6) is 11.5 Å². The minimum Gasteiger partial charge on any atom is -0.464 e. The van der Waals surface area contributed by atoms with Gasteiger partial charge in [-0.05, 0) is 29.7 Å². The highest BCUT2D eigenvalue weighted by Crippen LogP contribution is 2.39. The number of amides is 2. The zero-order valence-electron chi connectivity index (χ0n) is 18.6. The van der Waals surface area contributed by atoms with Crippen LogP contribution in [0.2, 0.25) is 0 Å². The van der Waals surface area contributed by atoms with E-state index >= 15 is 0 Å². The Balaban J connectivity index is 1.76. The minimum absolute atomic E-state index is 0.00425. The molecule has 3 aromatic rings. The van der Waals surface area contributed by atoms with Crippen molar-refractivity contribution in [3.05, 3.63) is 71.3 Å². The van der Waals surface area contributed by atoms with E-state index in [9.17, 15) is 14.4 Å². The quantitative estimate of drug-likeness (QED) is 0.416. The van der Waals surface area contributed by atoms with Gasteiger partial charge in [-0.1, -0.05) is 51.1 Å². The number of para-hydroxylation sites is 1. The number of hydrogen-bond acceptors (Lipinski definition) is 5. The maximum atomic E-state index is 13.1. The van der Waals surface area contributed by atoms with Gasteiger partial charge in [0, 0.05) is 34.4 Å². The molecule has 0 radical (unpaired) electrons. The third-order valence-corrected chi connectivity index (χ3v) is 5.49. The highest BCUT2D eigenvalue weighted by Gasteiger charge is 2.33. The molecule has 0 aromatic heterocycles. The molecule has 0 atom stereocenters. The lowest BCUT2D eigenvalue weighted by molar-refractivity contribution is -0.141. The largest absolute Gasteiger partial charge is 0.464 e. The first kappa shape index (κ1) is 21.6. The first-order valence-electron chi connectivity index (χ1n) is 10.5. The van der Waals surface area contributed by atoms with Gasteiger partial charge in [0.1, 0.15) is 18.1 Å². The molecule has 1 heterocycles. The smallest absolute Gasteiger partial charge is 0.302 e. The average molecular weight is 431 g/mol. The van der Waals surface area contributed by atoms with Crippen LogP contribution in [0.4, 0.5) is 0 Å². The number of imide groups is 1. The monoisotopic (exact) mass is 431 g/mol. The number of rotatable bonds is 5. The lowest BCUT2D eigenvalue weighted by Gasteiger charge is -2.28. The first-order chi connectivity index (χ1) is 15.2. The molecule has 1 aliphatic heterocycles. The van der Waals surface area contributed by atoms with E-state index in [1.54, 1.807) is 24.3 Å². The molecule has 6 nitrogen and oxygen atoms in total. The number of benzene rings is 3. The SMILES string of the molecule is CC(=O)OCCN1C(=O)c2cccc3c(Oc4ccccc4C(C)(C)C)ccc(c23)C1=O. The maximum Gasteiger partial charge on any atom is 0.302 e. The molecule has 0 fully saturated rings. The van der Waals surface area contributed by atoms with E-state index in [0.29, 0.717) is 27.6 Å². The summed E-state index contributed by atoms with van der Waals surface area (Å²) in [5.74, 6) is 0.0372. The Labute approximate surface area is 186 Å². The molecular formula is C26H25NO5. The summed E-state index contributed by atoms with van der Waals surface area (Å²) in [6.07, 6.45) is 0. The van der Waals surface area contributed by atoms with Gasteiger partial charge in [-0.3, -0.25) is 19.3 Å². The topological polar surface area (TPSA) is 72.9 Å². The normalized spacial score (nSPS) is 13.4. The molecular weight excluding hydrogens is 406 g/mol. The summed E-state index contributed by atoms with van der Waals surface area (Å²) in [4.78, 5) is 38.3. The summed E-state index contributed by atoms with van der Waals surface area (Å²) in [7, 11) is 0. The van der Waals surface area contributed by atoms with Gasteiger partial charge in [0.05, 0.1) is 6.54 Å². The summed E-state index contributed by atoms with van der Waals surface area (Å²) < 4.78 is 11.2. The lowest BCUT2D eigenvalue weighted by Crippen LogP contribution is -2.42. The van der Waals surface area contributed by atoms with E-state index in [2.05, 4.69) is 20.8 Å². The molecule has 0 aliphatic carbocycles. The summed E-state index contributed by atoms with van der Waals surface area (Å²) in [6, 6.07) is 16.6. The van der Waals surface area contributed by atoms with Crippen molar-refractivity contribution >= 4 is 28.6 Å². The number of hydrogen-bond donors (Lipinski definition) is 0. The maximum absolute atomic E-state index is 13.1. The van der Waals surface area contributed by atoms with Crippen LogP contribution in [0, 0.1) is 0 Å². The van der Waals surface area contributed by atoms with Gasteiger partial charge in [0.25, 0.3) is 11.8 Å². The van der Waals surface area contributed by atoms with Crippen LogP contribution >= 0.6 is 0 Å². The van der Waals surface area contributed by atoms with Gasteiger partial charge in [0.2, 0.25) is 0 Å². The highest BCUT2D eigenvalue weighted by atomic mass is 16.5. The van der Waals surface area contributed by atoms with E-state index in [-0.39, 0.29) is 18.6 Å². The highest BCUT2D eigenvalue weighted by molar-refractivity contribution is 6.26. The van der Waals surface area contributed by atoms with Crippen molar-refractivity contribution < 1.29 is 23.9 Å². The van der Waals surface area contributed by atoms with Crippen LogP contribution in [0.1, 0.15) is 54.0 Å². The summed E-state index contributed by atoms with van der Waals surface area (Å²) >= 11 is 0. The van der Waals surface area contributed by atoms with E-state index in [0.717, 1.165) is 16.2 Å². The fourth-order valence-corrected chi connectivity index (χ4v) is 3.99. The summed E-state index contributed by atoms with van der Waals surface area (Å²) in [5, 5.41) is 1.28. The molecule has 1 aliphatic rings. The van der Waals surface area contributed by atoms with Crippen LogP contribution in [0.25, 0.3) is 10.8 Å². The standard InChI is InChI=1S/C26H25NO5/c1-16(28)31-15-14-27-24(29)18-9-7-8-17-21(13-12-19(23(17)18)25(27)30)32-22-11-6-5-10-20(22)26(2,3)4/h5-13H,14-15H2,1-4H3. The van der Waals surface area contributed by atoms with Crippen LogP contribution in [-0.4, -0.2) is 35.8 Å². The molecule has 6 heteroatoms. The Bertz CT molecular complexity index is 1220. The summed E-state index contributed by atoms with van der Waals surface area (Å²) in [5.41, 5.74) is 1.80. The zero-order valence-corrected chi connectivity index (χ0v) is 18.6. The van der Waals surface area contributed by atoms with Gasteiger partial charge in [-0.15, -0.1) is 0 Å². The molecule has 0 saturated carbocycles. The fraction of sp³-hybridized carbons (Fsp3) is 0.269. The Morgan fingerprint density at radius 3 is 2.25 bits per heavy atom. The molecule has 4 rings (SSSR count). The predicted octanol–water partition coefficient (Wildman–Crippen LogP) is 5.09. The fourth-order valence-electron chi connectivity index (χ4n) is 3.99. The van der Waals surface area contributed by atoms with Crippen LogP contribution < -0.4 is 4.74 Å². The number of nitrogens with zero attached hydrogens (tertiary/aromatic N) is 1. The Kier molecular flexibility index (Phi) is 5.46. The summed E-state index contributed by atoms with van der Waals surface area (Å²) in [6.45, 7) is 7.61. The molecule has 0 N–H and O–H groups in total. The van der Waals surface area contributed by atoms with Gasteiger partial charge in [0.15, 0.2) is 0 Å². The zero-order chi connectivity index (χ0) is 23.0. The number of carbonyl (C=O) groups excluding carboxylic acids is 3. The Hall–Kier alpha value is -3.67. The van der Waals surface area contributed by atoms with Gasteiger partial charge >= 0.3 is 5.97 Å². The van der Waals surface area contributed by atoms with Crippen molar-refractivity contribution in [1.29, 1.82) is 0 Å². The predicted molar refractivity (Wildman–Crippen MR) is 121 cm³/mol. The van der Waals surface area contributed by atoms with Crippen LogP contribution in [0.15, 0.2) is 54.6 Å². The van der Waals surface area contributed by atoms with Crippen LogP contribution in [-0.2, 0) is 14.9 Å². The molecule has 3 aromatic carbocycles. The third-order valence-electron chi connectivity index (χ3n) is 5.49. The second-order valence-corrected chi connectivity index (χ2v) is 8.79. The minimum atomic E-state index is -0.457. The second kappa shape index (κ2) is 8.11. The van der Waals surface area contributed by atoms with Crippen molar-refractivity contribution in [3.8, 4) is 11.5 Å². The third kappa shape index (κ3) is 3.84. The lowest BCUT2D eigenvalue weighted by atomic mass is 9.86. The van der Waals surface area contributed by atoms with Crippen molar-refractivity contribution in [2.45, 2.75) is 33.1 Å². The molecule has 0 bridgehead atoms.